The van der Waals surface area contributed by atoms with E-state index in [9.17, 15) is 4.79 Å². The molecule has 0 unspecified atom stereocenters. The van der Waals surface area contributed by atoms with E-state index in [0.717, 1.165) is 36.6 Å². The van der Waals surface area contributed by atoms with Crippen LogP contribution in [0.3, 0.4) is 0 Å². The summed E-state index contributed by atoms with van der Waals surface area (Å²) in [7, 11) is 1.61. The minimum absolute atomic E-state index is 0.207. The fourth-order valence-electron chi connectivity index (χ4n) is 1.60. The summed E-state index contributed by atoms with van der Waals surface area (Å²) in [6.07, 6.45) is 1.28. The molecule has 0 heterocycles. The zero-order valence-electron chi connectivity index (χ0n) is 11.6. The van der Waals surface area contributed by atoms with Crippen molar-refractivity contribution in [1.82, 2.24) is 5.32 Å². The van der Waals surface area contributed by atoms with Gasteiger partial charge in [0.1, 0.15) is 11.5 Å². The molecule has 0 bridgehead atoms. The number of ether oxygens (including phenoxy) is 2. The number of hydrogen-bond acceptors (Lipinski definition) is 4. The highest BCUT2D eigenvalue weighted by Crippen LogP contribution is 2.25. The molecule has 3 N–H and O–H groups in total. The van der Waals surface area contributed by atoms with Gasteiger partial charge >= 0.3 is 0 Å². The van der Waals surface area contributed by atoms with Crippen LogP contribution >= 0.6 is 0 Å². The van der Waals surface area contributed by atoms with E-state index in [2.05, 4.69) is 12.2 Å². The smallest absolute Gasteiger partial charge is 0.220 e. The zero-order chi connectivity index (χ0) is 14.1. The summed E-state index contributed by atoms with van der Waals surface area (Å²) in [5.41, 5.74) is 6.13. The third-order valence-electron chi connectivity index (χ3n) is 2.62. The second kappa shape index (κ2) is 8.37. The van der Waals surface area contributed by atoms with E-state index in [1.54, 1.807) is 7.11 Å². The fraction of sp³-hybridized carbons (Fsp3) is 0.500. The topological polar surface area (TPSA) is 73.6 Å². The molecule has 0 saturated carbocycles. The quantitative estimate of drug-likeness (QED) is 0.663. The van der Waals surface area contributed by atoms with Crippen molar-refractivity contribution in [2.45, 2.75) is 26.3 Å². The van der Waals surface area contributed by atoms with Crippen LogP contribution in [0.25, 0.3) is 0 Å². The molecule has 0 aliphatic carbocycles. The maximum Gasteiger partial charge on any atom is 0.220 e. The van der Waals surface area contributed by atoms with Crippen molar-refractivity contribution in [3.05, 3.63) is 23.8 Å². The Morgan fingerprint density at radius 1 is 1.42 bits per heavy atom. The summed E-state index contributed by atoms with van der Waals surface area (Å²) in [6, 6.07) is 5.68. The summed E-state index contributed by atoms with van der Waals surface area (Å²) >= 11 is 0. The molecule has 0 atom stereocenters. The Kier molecular flexibility index (Phi) is 6.74. The van der Waals surface area contributed by atoms with E-state index in [-0.39, 0.29) is 18.9 Å². The van der Waals surface area contributed by atoms with E-state index in [1.807, 2.05) is 18.2 Å². The summed E-state index contributed by atoms with van der Waals surface area (Å²) in [6.45, 7) is 4.07. The molecule has 0 radical (unpaired) electrons. The van der Waals surface area contributed by atoms with Gasteiger partial charge in [-0.3, -0.25) is 4.79 Å². The maximum absolute atomic E-state index is 10.7. The summed E-state index contributed by atoms with van der Waals surface area (Å²) < 4.78 is 10.8. The van der Waals surface area contributed by atoms with Gasteiger partial charge in [0.2, 0.25) is 5.91 Å². The van der Waals surface area contributed by atoms with E-state index < -0.39 is 0 Å². The lowest BCUT2D eigenvalue weighted by molar-refractivity contribution is -0.118. The number of carbonyl (C=O) groups excluding carboxylic acids is 1. The van der Waals surface area contributed by atoms with Gasteiger partial charge in [-0.2, -0.15) is 0 Å². The lowest BCUT2D eigenvalue weighted by Crippen LogP contribution is -2.17. The number of nitrogens with two attached hydrogens (primary N) is 1. The number of amides is 1. The van der Waals surface area contributed by atoms with Crippen LogP contribution in [0.5, 0.6) is 11.5 Å². The van der Waals surface area contributed by atoms with Crippen LogP contribution in [0.15, 0.2) is 18.2 Å². The molecule has 5 heteroatoms. The predicted octanol–water partition coefficient (Wildman–Crippen LogP) is 1.45. The van der Waals surface area contributed by atoms with Gasteiger partial charge in [0.15, 0.2) is 0 Å². The number of benzene rings is 1. The highest BCUT2D eigenvalue weighted by atomic mass is 16.5. The van der Waals surface area contributed by atoms with E-state index in [0.29, 0.717) is 0 Å². The van der Waals surface area contributed by atoms with Gasteiger partial charge in [-0.1, -0.05) is 13.0 Å². The van der Waals surface area contributed by atoms with Crippen LogP contribution in [0.2, 0.25) is 0 Å². The van der Waals surface area contributed by atoms with Gasteiger partial charge in [-0.25, -0.2) is 0 Å². The van der Waals surface area contributed by atoms with Crippen molar-refractivity contribution < 1.29 is 14.3 Å². The van der Waals surface area contributed by atoms with E-state index in [1.165, 1.54) is 0 Å². The molecule has 0 saturated heterocycles. The Bertz CT molecular complexity index is 408. The number of carbonyl (C=O) groups is 1. The molecule has 0 spiro atoms. The average Bonchev–Trinajstić information content (AvgIpc) is 2.40. The fourth-order valence-corrected chi connectivity index (χ4v) is 1.60. The molecule has 5 nitrogen and oxygen atoms in total. The number of rotatable bonds is 9. The van der Waals surface area contributed by atoms with Gasteiger partial charge in [0.05, 0.1) is 20.1 Å². The molecule has 1 amide bonds. The summed E-state index contributed by atoms with van der Waals surface area (Å²) in [5.74, 6) is 1.09. The van der Waals surface area contributed by atoms with Gasteiger partial charge in [0.25, 0.3) is 0 Å². The Labute approximate surface area is 114 Å². The first-order valence-electron chi connectivity index (χ1n) is 6.46. The van der Waals surface area contributed by atoms with Crippen molar-refractivity contribution in [3.63, 3.8) is 0 Å². The lowest BCUT2D eigenvalue weighted by Gasteiger charge is -2.13. The molecule has 0 aliphatic rings. The van der Waals surface area contributed by atoms with Crippen molar-refractivity contribution in [1.29, 1.82) is 0 Å². The minimum atomic E-state index is -0.367. The SMILES string of the molecule is CCCNCc1ccc(OC)cc1OCCC(N)=O. The average molecular weight is 266 g/mol. The van der Waals surface area contributed by atoms with Crippen LogP contribution in [0.1, 0.15) is 25.3 Å². The molecule has 1 aromatic carbocycles. The molecule has 0 aliphatic heterocycles. The lowest BCUT2D eigenvalue weighted by atomic mass is 10.2. The van der Waals surface area contributed by atoms with Gasteiger partial charge in [0, 0.05) is 18.2 Å². The molecule has 106 valence electrons. The van der Waals surface area contributed by atoms with Crippen LogP contribution in [0.4, 0.5) is 0 Å². The Balaban J connectivity index is 2.68. The largest absolute Gasteiger partial charge is 0.497 e. The monoisotopic (exact) mass is 266 g/mol. The highest BCUT2D eigenvalue weighted by Gasteiger charge is 2.06. The molecule has 19 heavy (non-hydrogen) atoms. The summed E-state index contributed by atoms with van der Waals surface area (Å²) in [5, 5.41) is 3.32. The van der Waals surface area contributed by atoms with Crippen LogP contribution in [-0.4, -0.2) is 26.2 Å². The van der Waals surface area contributed by atoms with Gasteiger partial charge in [-0.05, 0) is 19.0 Å². The molecule has 0 fully saturated rings. The first-order valence-corrected chi connectivity index (χ1v) is 6.46. The maximum atomic E-state index is 10.7. The Hall–Kier alpha value is -1.75. The number of methoxy groups -OCH3 is 1. The van der Waals surface area contributed by atoms with Crippen molar-refractivity contribution in [3.8, 4) is 11.5 Å². The van der Waals surface area contributed by atoms with Gasteiger partial charge in [-0.15, -0.1) is 0 Å². The molecule has 1 rings (SSSR count). The standard InChI is InChI=1S/C14H22N2O3/c1-3-7-16-10-11-4-5-12(18-2)9-13(11)19-8-6-14(15)17/h4-5,9,16H,3,6-8,10H2,1-2H3,(H2,15,17). The van der Waals surface area contributed by atoms with Crippen molar-refractivity contribution in [2.75, 3.05) is 20.3 Å². The van der Waals surface area contributed by atoms with Crippen LogP contribution < -0.4 is 20.5 Å². The van der Waals surface area contributed by atoms with Crippen molar-refractivity contribution in [2.24, 2.45) is 5.73 Å². The normalized spacial score (nSPS) is 10.2. The van der Waals surface area contributed by atoms with Crippen molar-refractivity contribution >= 4 is 5.91 Å². The highest BCUT2D eigenvalue weighted by molar-refractivity contribution is 5.73. The Morgan fingerprint density at radius 2 is 2.21 bits per heavy atom. The number of nitrogens with one attached hydrogen (secondary N) is 1. The molecular formula is C14H22N2O3. The third kappa shape index (κ3) is 5.61. The second-order valence-electron chi connectivity index (χ2n) is 4.22. The first-order chi connectivity index (χ1) is 9.17. The Morgan fingerprint density at radius 3 is 2.84 bits per heavy atom. The first kappa shape index (κ1) is 15.3. The molecular weight excluding hydrogens is 244 g/mol. The number of hydrogen-bond donors (Lipinski definition) is 2. The molecule has 1 aromatic rings. The van der Waals surface area contributed by atoms with E-state index >= 15 is 0 Å². The van der Waals surface area contributed by atoms with E-state index in [4.69, 9.17) is 15.2 Å². The second-order valence-corrected chi connectivity index (χ2v) is 4.22. The number of primary amides is 1. The zero-order valence-corrected chi connectivity index (χ0v) is 11.6. The molecule has 0 aromatic heterocycles. The van der Waals surface area contributed by atoms with Crippen LogP contribution in [0, 0.1) is 0 Å². The minimum Gasteiger partial charge on any atom is -0.497 e. The third-order valence-corrected chi connectivity index (χ3v) is 2.62. The van der Waals surface area contributed by atoms with Gasteiger partial charge < -0.3 is 20.5 Å². The predicted molar refractivity (Wildman–Crippen MR) is 74.3 cm³/mol. The van der Waals surface area contributed by atoms with Crippen LogP contribution in [-0.2, 0) is 11.3 Å². The summed E-state index contributed by atoms with van der Waals surface area (Å²) in [4.78, 5) is 10.7.